The van der Waals surface area contributed by atoms with Crippen LogP contribution in [0.4, 0.5) is 0 Å². The van der Waals surface area contributed by atoms with Gasteiger partial charge in [-0.3, -0.25) is 14.3 Å². The summed E-state index contributed by atoms with van der Waals surface area (Å²) in [6.45, 7) is 9.69. The van der Waals surface area contributed by atoms with Gasteiger partial charge in [0.1, 0.15) is 5.82 Å². The number of rotatable bonds is 5. The summed E-state index contributed by atoms with van der Waals surface area (Å²) in [4.78, 5) is 32.4. The minimum atomic E-state index is -0.581. The van der Waals surface area contributed by atoms with Crippen LogP contribution in [0.1, 0.15) is 43.2 Å². The van der Waals surface area contributed by atoms with E-state index in [1.54, 1.807) is 15.9 Å². The molecule has 1 saturated heterocycles. The monoisotopic (exact) mass is 434 g/mol. The molecule has 10 heteroatoms. The first-order valence-electron chi connectivity index (χ1n) is 10.6. The highest BCUT2D eigenvalue weighted by Gasteiger charge is 2.36. The minimum Gasteiger partial charge on any atom is -0.379 e. The summed E-state index contributed by atoms with van der Waals surface area (Å²) in [5, 5.41) is 10.7. The number of hydrogen-bond donors (Lipinski definition) is 1. The number of thiazole rings is 1. The van der Waals surface area contributed by atoms with Crippen LogP contribution >= 0.6 is 11.3 Å². The summed E-state index contributed by atoms with van der Waals surface area (Å²) >= 11 is 1.57. The van der Waals surface area contributed by atoms with Gasteiger partial charge in [-0.25, -0.2) is 14.5 Å². The van der Waals surface area contributed by atoms with Gasteiger partial charge in [0.25, 0.3) is 0 Å². The molecule has 2 aliphatic rings. The van der Waals surface area contributed by atoms with Crippen LogP contribution in [0.25, 0.3) is 0 Å². The molecule has 4 heterocycles. The van der Waals surface area contributed by atoms with Gasteiger partial charge in [-0.1, -0.05) is 0 Å². The number of fused-ring (bicyclic) bond motifs is 1. The molecule has 1 fully saturated rings. The average molecular weight is 435 g/mol. The van der Waals surface area contributed by atoms with Gasteiger partial charge in [0.05, 0.1) is 36.0 Å². The summed E-state index contributed by atoms with van der Waals surface area (Å²) in [7, 11) is 0. The Morgan fingerprint density at radius 3 is 2.77 bits per heavy atom. The molecule has 1 atom stereocenters. The maximum atomic E-state index is 13.0. The number of aromatic nitrogens is 4. The van der Waals surface area contributed by atoms with Crippen LogP contribution in [0.2, 0.25) is 0 Å². The molecular formula is C20H30N6O3S. The number of amides is 1. The number of nitrogens with one attached hydrogen (secondary N) is 1. The molecule has 0 bridgehead atoms. The number of carbonyl (C=O) groups is 1. The summed E-state index contributed by atoms with van der Waals surface area (Å²) in [6.07, 6.45) is 2.16. The zero-order valence-electron chi connectivity index (χ0n) is 17.9. The first-order valence-corrected chi connectivity index (χ1v) is 11.4. The molecule has 0 aliphatic carbocycles. The largest absolute Gasteiger partial charge is 0.379 e. The number of morpholine rings is 1. The third-order valence-electron chi connectivity index (χ3n) is 6.09. The van der Waals surface area contributed by atoms with E-state index in [1.807, 2.05) is 26.2 Å². The predicted molar refractivity (Wildman–Crippen MR) is 114 cm³/mol. The van der Waals surface area contributed by atoms with E-state index >= 15 is 0 Å². The molecule has 164 valence electrons. The van der Waals surface area contributed by atoms with E-state index < -0.39 is 5.54 Å². The standard InChI is InChI=1S/C20H30N6O3S/c1-14-21-16(13-30-14)12-26-19(28)25-7-6-15(4-5-17(25)23-26)22-18(27)20(2,3)24-8-10-29-11-9-24/h13,15H,4-12H2,1-3H3,(H,22,27). The van der Waals surface area contributed by atoms with Crippen molar-refractivity contribution in [1.82, 2.24) is 29.5 Å². The SMILES string of the molecule is Cc1nc(Cn2nc3n(c2=O)CCC(NC(=O)C(C)(C)N2CCOCC2)CC3)cs1. The fourth-order valence-corrected chi connectivity index (χ4v) is 4.74. The summed E-state index contributed by atoms with van der Waals surface area (Å²) < 4.78 is 8.66. The number of nitrogens with zero attached hydrogens (tertiary/aromatic N) is 5. The summed E-state index contributed by atoms with van der Waals surface area (Å²) in [5.41, 5.74) is 0.182. The summed E-state index contributed by atoms with van der Waals surface area (Å²) in [6, 6.07) is 0.0357. The molecule has 0 spiro atoms. The number of hydrogen-bond acceptors (Lipinski definition) is 7. The van der Waals surface area contributed by atoms with Crippen molar-refractivity contribution in [1.29, 1.82) is 0 Å². The topological polar surface area (TPSA) is 94.3 Å². The second-order valence-corrected chi connectivity index (χ2v) is 9.58. The lowest BCUT2D eigenvalue weighted by molar-refractivity contribution is -0.135. The molecule has 1 N–H and O–H groups in total. The van der Waals surface area contributed by atoms with E-state index in [9.17, 15) is 9.59 Å². The van der Waals surface area contributed by atoms with Gasteiger partial charge < -0.3 is 10.1 Å². The highest BCUT2D eigenvalue weighted by molar-refractivity contribution is 7.09. The zero-order valence-corrected chi connectivity index (χ0v) is 18.7. The second kappa shape index (κ2) is 8.60. The highest BCUT2D eigenvalue weighted by Crippen LogP contribution is 2.19. The van der Waals surface area contributed by atoms with Crippen LogP contribution < -0.4 is 11.0 Å². The number of aryl methyl sites for hydroxylation is 2. The van der Waals surface area contributed by atoms with Gasteiger partial charge in [-0.05, 0) is 33.6 Å². The maximum Gasteiger partial charge on any atom is 0.346 e. The van der Waals surface area contributed by atoms with Crippen molar-refractivity contribution < 1.29 is 9.53 Å². The molecular weight excluding hydrogens is 404 g/mol. The lowest BCUT2D eigenvalue weighted by Gasteiger charge is -2.40. The Kier molecular flexibility index (Phi) is 6.08. The normalized spacial score (nSPS) is 20.6. The lowest BCUT2D eigenvalue weighted by Crippen LogP contribution is -2.59. The predicted octanol–water partition coefficient (Wildman–Crippen LogP) is 0.790. The van der Waals surface area contributed by atoms with Crippen molar-refractivity contribution in [2.24, 2.45) is 0 Å². The Bertz CT molecular complexity index is 956. The van der Waals surface area contributed by atoms with E-state index in [1.165, 1.54) is 4.68 Å². The van der Waals surface area contributed by atoms with Crippen molar-refractivity contribution in [3.63, 3.8) is 0 Å². The van der Waals surface area contributed by atoms with Crippen LogP contribution in [0.5, 0.6) is 0 Å². The first-order chi connectivity index (χ1) is 14.3. The molecule has 0 aromatic carbocycles. The first kappa shape index (κ1) is 21.2. The van der Waals surface area contributed by atoms with Gasteiger partial charge in [-0.15, -0.1) is 11.3 Å². The Labute approximate surface area is 180 Å². The van der Waals surface area contributed by atoms with Crippen molar-refractivity contribution in [2.75, 3.05) is 26.3 Å². The Balaban J connectivity index is 1.38. The van der Waals surface area contributed by atoms with Crippen LogP contribution in [-0.4, -0.2) is 68.0 Å². The molecule has 1 amide bonds. The van der Waals surface area contributed by atoms with Gasteiger partial charge in [-0.2, -0.15) is 5.10 Å². The van der Waals surface area contributed by atoms with E-state index in [0.29, 0.717) is 32.7 Å². The van der Waals surface area contributed by atoms with Crippen LogP contribution in [0.15, 0.2) is 10.2 Å². The van der Waals surface area contributed by atoms with E-state index in [2.05, 4.69) is 20.3 Å². The van der Waals surface area contributed by atoms with Crippen LogP contribution in [0.3, 0.4) is 0 Å². The van der Waals surface area contributed by atoms with Crippen LogP contribution in [0, 0.1) is 6.92 Å². The number of ether oxygens (including phenoxy) is 1. The highest BCUT2D eigenvalue weighted by atomic mass is 32.1. The van der Waals surface area contributed by atoms with E-state index in [0.717, 1.165) is 42.5 Å². The van der Waals surface area contributed by atoms with Crippen LogP contribution in [-0.2, 0) is 29.0 Å². The zero-order chi connectivity index (χ0) is 21.3. The van der Waals surface area contributed by atoms with Crippen molar-refractivity contribution in [2.45, 2.75) is 64.7 Å². The number of carbonyl (C=O) groups excluding carboxylic acids is 1. The third kappa shape index (κ3) is 4.35. The van der Waals surface area contributed by atoms with Gasteiger partial charge >= 0.3 is 5.69 Å². The van der Waals surface area contributed by atoms with Gasteiger partial charge in [0, 0.05) is 37.5 Å². The fourth-order valence-electron chi connectivity index (χ4n) is 4.14. The lowest BCUT2D eigenvalue weighted by atomic mass is 9.99. The molecule has 0 saturated carbocycles. The molecule has 0 radical (unpaired) electrons. The smallest absolute Gasteiger partial charge is 0.346 e. The molecule has 2 aromatic heterocycles. The molecule has 4 rings (SSSR count). The fraction of sp³-hybridized carbons (Fsp3) is 0.700. The van der Waals surface area contributed by atoms with Crippen molar-refractivity contribution in [3.05, 3.63) is 32.4 Å². The molecule has 9 nitrogen and oxygen atoms in total. The van der Waals surface area contributed by atoms with E-state index in [-0.39, 0.29) is 17.6 Å². The average Bonchev–Trinajstić information content (AvgIpc) is 3.20. The Hall–Kier alpha value is -2.04. The molecule has 2 aliphatic heterocycles. The van der Waals surface area contributed by atoms with Crippen molar-refractivity contribution in [3.8, 4) is 0 Å². The van der Waals surface area contributed by atoms with Gasteiger partial charge in [0.15, 0.2) is 0 Å². The van der Waals surface area contributed by atoms with Gasteiger partial charge in [0.2, 0.25) is 5.91 Å². The molecule has 30 heavy (non-hydrogen) atoms. The quantitative estimate of drug-likeness (QED) is 0.748. The Morgan fingerprint density at radius 1 is 1.30 bits per heavy atom. The van der Waals surface area contributed by atoms with E-state index in [4.69, 9.17) is 4.74 Å². The maximum absolute atomic E-state index is 13.0. The Morgan fingerprint density at radius 2 is 2.07 bits per heavy atom. The molecule has 2 aromatic rings. The summed E-state index contributed by atoms with van der Waals surface area (Å²) in [5.74, 6) is 0.821. The molecule has 1 unspecified atom stereocenters. The second-order valence-electron chi connectivity index (χ2n) is 8.52. The van der Waals surface area contributed by atoms with Crippen molar-refractivity contribution >= 4 is 17.2 Å². The third-order valence-corrected chi connectivity index (χ3v) is 6.91. The minimum absolute atomic E-state index is 0.0326.